The first-order valence-corrected chi connectivity index (χ1v) is 11.2. The van der Waals surface area contributed by atoms with E-state index in [0.29, 0.717) is 0 Å². The number of methoxy groups -OCH3 is 5. The van der Waals surface area contributed by atoms with Gasteiger partial charge < -0.3 is 28.6 Å². The third kappa shape index (κ3) is 3.50. The first kappa shape index (κ1) is 22.0. The molecule has 2 heterocycles. The molecule has 2 aliphatic heterocycles. The third-order valence-corrected chi connectivity index (χ3v) is 6.82. The summed E-state index contributed by atoms with van der Waals surface area (Å²) in [6.45, 7) is 0. The second kappa shape index (κ2) is 8.86. The standard InChI is InChI=1S/C28H29NO5/c1-30-20-8-6-17(7-9-20)28-22-16-27(34-5)25(32-3)14-19(22)12-23-21-15-26(33-4)24(31-2)13-18(21)10-11-29(23)28/h6-11,13-16,23,28H,12H2,1-5H3. The van der Waals surface area contributed by atoms with Gasteiger partial charge in [0.05, 0.1) is 47.6 Å². The van der Waals surface area contributed by atoms with Gasteiger partial charge in [-0.2, -0.15) is 0 Å². The van der Waals surface area contributed by atoms with Crippen molar-refractivity contribution in [3.8, 4) is 28.7 Å². The Morgan fingerprint density at radius 2 is 1.26 bits per heavy atom. The first-order valence-electron chi connectivity index (χ1n) is 11.2. The maximum atomic E-state index is 5.66. The van der Waals surface area contributed by atoms with E-state index in [1.807, 2.05) is 12.1 Å². The van der Waals surface area contributed by atoms with Crippen molar-refractivity contribution in [2.75, 3.05) is 35.5 Å². The predicted molar refractivity (Wildman–Crippen MR) is 131 cm³/mol. The summed E-state index contributed by atoms with van der Waals surface area (Å²) in [4.78, 5) is 2.42. The Bertz CT molecular complexity index is 1230. The van der Waals surface area contributed by atoms with E-state index in [-0.39, 0.29) is 12.1 Å². The molecule has 0 aromatic heterocycles. The number of hydrogen-bond acceptors (Lipinski definition) is 6. The summed E-state index contributed by atoms with van der Waals surface area (Å²) in [7, 11) is 8.38. The number of rotatable bonds is 6. The third-order valence-electron chi connectivity index (χ3n) is 6.82. The van der Waals surface area contributed by atoms with Gasteiger partial charge in [0.2, 0.25) is 0 Å². The van der Waals surface area contributed by atoms with Gasteiger partial charge in [-0.1, -0.05) is 12.1 Å². The summed E-state index contributed by atoms with van der Waals surface area (Å²) >= 11 is 0. The minimum Gasteiger partial charge on any atom is -0.497 e. The molecule has 0 fully saturated rings. The van der Waals surface area contributed by atoms with Crippen LogP contribution in [0.15, 0.2) is 54.7 Å². The van der Waals surface area contributed by atoms with E-state index in [1.165, 1.54) is 22.3 Å². The maximum absolute atomic E-state index is 5.66. The molecule has 0 aliphatic carbocycles. The Balaban J connectivity index is 1.70. The average Bonchev–Trinajstić information content (AvgIpc) is 2.90. The van der Waals surface area contributed by atoms with E-state index in [0.717, 1.165) is 40.7 Å². The van der Waals surface area contributed by atoms with Crippen molar-refractivity contribution in [2.24, 2.45) is 0 Å². The molecule has 0 amide bonds. The molecule has 6 nitrogen and oxygen atoms in total. The van der Waals surface area contributed by atoms with E-state index in [9.17, 15) is 0 Å². The van der Waals surface area contributed by atoms with Gasteiger partial charge in [0.1, 0.15) is 5.75 Å². The van der Waals surface area contributed by atoms with Crippen LogP contribution in [0.5, 0.6) is 28.7 Å². The van der Waals surface area contributed by atoms with Crippen LogP contribution in [-0.4, -0.2) is 40.4 Å². The molecule has 2 atom stereocenters. The van der Waals surface area contributed by atoms with Gasteiger partial charge in [0.25, 0.3) is 0 Å². The van der Waals surface area contributed by atoms with Crippen molar-refractivity contribution in [2.45, 2.75) is 18.5 Å². The van der Waals surface area contributed by atoms with Gasteiger partial charge >= 0.3 is 0 Å². The number of fused-ring (bicyclic) bond motifs is 4. The normalized spacial score (nSPS) is 17.9. The largest absolute Gasteiger partial charge is 0.497 e. The molecule has 0 radical (unpaired) electrons. The zero-order chi connectivity index (χ0) is 23.8. The first-order chi connectivity index (χ1) is 16.6. The highest BCUT2D eigenvalue weighted by Gasteiger charge is 2.38. The van der Waals surface area contributed by atoms with Crippen LogP contribution in [0.3, 0.4) is 0 Å². The van der Waals surface area contributed by atoms with E-state index in [4.69, 9.17) is 23.7 Å². The molecular formula is C28H29NO5. The Morgan fingerprint density at radius 3 is 1.88 bits per heavy atom. The van der Waals surface area contributed by atoms with Crippen molar-refractivity contribution in [1.82, 2.24) is 4.90 Å². The number of ether oxygens (including phenoxy) is 5. The van der Waals surface area contributed by atoms with Crippen LogP contribution in [0, 0.1) is 0 Å². The van der Waals surface area contributed by atoms with Crippen LogP contribution in [0.2, 0.25) is 0 Å². The molecule has 2 aliphatic rings. The van der Waals surface area contributed by atoms with Gasteiger partial charge in [-0.05, 0) is 76.7 Å². The van der Waals surface area contributed by atoms with Crippen LogP contribution >= 0.6 is 0 Å². The Labute approximate surface area is 200 Å². The van der Waals surface area contributed by atoms with Gasteiger partial charge in [0, 0.05) is 6.20 Å². The molecule has 6 heteroatoms. The number of benzene rings is 3. The van der Waals surface area contributed by atoms with Gasteiger partial charge in [-0.25, -0.2) is 0 Å². The molecule has 0 saturated carbocycles. The van der Waals surface area contributed by atoms with Crippen molar-refractivity contribution in [3.05, 3.63) is 82.5 Å². The van der Waals surface area contributed by atoms with E-state index < -0.39 is 0 Å². The lowest BCUT2D eigenvalue weighted by Gasteiger charge is -2.46. The second-order valence-corrected chi connectivity index (χ2v) is 8.40. The highest BCUT2D eigenvalue weighted by Crippen LogP contribution is 2.50. The summed E-state index contributed by atoms with van der Waals surface area (Å²) < 4.78 is 27.9. The topological polar surface area (TPSA) is 49.4 Å². The van der Waals surface area contributed by atoms with Crippen LogP contribution in [-0.2, 0) is 6.42 Å². The number of hydrogen-bond donors (Lipinski definition) is 0. The fourth-order valence-electron chi connectivity index (χ4n) is 5.13. The Kier molecular flexibility index (Phi) is 5.74. The van der Waals surface area contributed by atoms with Crippen molar-refractivity contribution >= 4 is 6.08 Å². The molecular weight excluding hydrogens is 430 g/mol. The summed E-state index contributed by atoms with van der Waals surface area (Å²) in [5.74, 6) is 3.76. The minimum atomic E-state index is -0.00282. The highest BCUT2D eigenvalue weighted by atomic mass is 16.5. The minimum absolute atomic E-state index is 0.00282. The summed E-state index contributed by atoms with van der Waals surface area (Å²) in [6, 6.07) is 16.8. The molecule has 3 aromatic rings. The summed E-state index contributed by atoms with van der Waals surface area (Å²) in [6.07, 6.45) is 5.17. The average molecular weight is 460 g/mol. The van der Waals surface area contributed by atoms with Crippen LogP contribution in [0.25, 0.3) is 6.08 Å². The van der Waals surface area contributed by atoms with Crippen molar-refractivity contribution in [1.29, 1.82) is 0 Å². The Hall–Kier alpha value is -3.80. The van der Waals surface area contributed by atoms with Crippen molar-refractivity contribution < 1.29 is 23.7 Å². The summed E-state index contributed by atoms with van der Waals surface area (Å²) in [5.41, 5.74) is 5.95. The van der Waals surface area contributed by atoms with E-state index >= 15 is 0 Å². The van der Waals surface area contributed by atoms with E-state index in [1.54, 1.807) is 35.5 Å². The second-order valence-electron chi connectivity index (χ2n) is 8.40. The van der Waals surface area contributed by atoms with Crippen LogP contribution in [0.1, 0.15) is 39.9 Å². The maximum Gasteiger partial charge on any atom is 0.161 e. The smallest absolute Gasteiger partial charge is 0.161 e. The lowest BCUT2D eigenvalue weighted by molar-refractivity contribution is 0.208. The van der Waals surface area contributed by atoms with Gasteiger partial charge in [-0.3, -0.25) is 0 Å². The Morgan fingerprint density at radius 1 is 0.676 bits per heavy atom. The fraction of sp³-hybridized carbons (Fsp3) is 0.286. The van der Waals surface area contributed by atoms with Gasteiger partial charge in [-0.15, -0.1) is 0 Å². The van der Waals surface area contributed by atoms with Crippen LogP contribution < -0.4 is 23.7 Å². The summed E-state index contributed by atoms with van der Waals surface area (Å²) in [5, 5.41) is 0. The van der Waals surface area contributed by atoms with E-state index in [2.05, 4.69) is 53.6 Å². The molecule has 0 N–H and O–H groups in total. The lowest BCUT2D eigenvalue weighted by Crippen LogP contribution is -2.37. The number of nitrogens with zero attached hydrogens (tertiary/aromatic N) is 1. The predicted octanol–water partition coefficient (Wildman–Crippen LogP) is 5.40. The quantitative estimate of drug-likeness (QED) is 0.492. The highest BCUT2D eigenvalue weighted by molar-refractivity contribution is 5.65. The lowest BCUT2D eigenvalue weighted by atomic mass is 9.80. The molecule has 0 spiro atoms. The molecule has 2 unspecified atom stereocenters. The zero-order valence-corrected chi connectivity index (χ0v) is 20.1. The molecule has 0 bridgehead atoms. The van der Waals surface area contributed by atoms with Crippen LogP contribution in [0.4, 0.5) is 0 Å². The molecule has 176 valence electrons. The fourth-order valence-corrected chi connectivity index (χ4v) is 5.13. The van der Waals surface area contributed by atoms with Gasteiger partial charge in [0.15, 0.2) is 23.0 Å². The SMILES string of the molecule is COc1ccc(C2c3cc(OC)c(OC)cc3CC3c4cc(OC)c(OC)cc4C=CN32)cc1. The monoisotopic (exact) mass is 459 g/mol. The zero-order valence-electron chi connectivity index (χ0n) is 20.1. The molecule has 0 saturated heterocycles. The molecule has 5 rings (SSSR count). The molecule has 3 aromatic carbocycles. The molecule has 34 heavy (non-hydrogen) atoms. The van der Waals surface area contributed by atoms with Crippen molar-refractivity contribution in [3.63, 3.8) is 0 Å².